The number of esters is 1. The number of carbonyl (C=O) groups is 2. The van der Waals surface area contributed by atoms with Gasteiger partial charge in [-0.3, -0.25) is 9.78 Å². The van der Waals surface area contributed by atoms with Crippen LogP contribution in [0.4, 0.5) is 5.69 Å². The zero-order valence-corrected chi connectivity index (χ0v) is 11.1. The van der Waals surface area contributed by atoms with Gasteiger partial charge in [0.1, 0.15) is 5.69 Å². The highest BCUT2D eigenvalue weighted by Gasteiger charge is 2.15. The number of rotatable bonds is 3. The van der Waals surface area contributed by atoms with Gasteiger partial charge in [0.25, 0.3) is 5.91 Å². The molecule has 0 aliphatic rings. The van der Waals surface area contributed by atoms with Gasteiger partial charge in [-0.15, -0.1) is 0 Å². The van der Waals surface area contributed by atoms with Gasteiger partial charge < -0.3 is 10.1 Å². The maximum absolute atomic E-state index is 12.0. The molecule has 0 fully saturated rings. The fourth-order valence-electron chi connectivity index (χ4n) is 1.65. The molecule has 2 aromatic rings. The Morgan fingerprint density at radius 2 is 2.05 bits per heavy atom. The van der Waals surface area contributed by atoms with Crippen LogP contribution in [-0.2, 0) is 4.74 Å². The minimum Gasteiger partial charge on any atom is -0.465 e. The summed E-state index contributed by atoms with van der Waals surface area (Å²) >= 11 is 0. The summed E-state index contributed by atoms with van der Waals surface area (Å²) in [6, 6.07) is 5.09. The van der Waals surface area contributed by atoms with Crippen LogP contribution in [0.2, 0.25) is 0 Å². The van der Waals surface area contributed by atoms with Gasteiger partial charge in [0, 0.05) is 12.4 Å². The number of anilines is 1. The third-order valence-corrected chi connectivity index (χ3v) is 2.62. The van der Waals surface area contributed by atoms with Gasteiger partial charge in [-0.1, -0.05) is 11.6 Å². The summed E-state index contributed by atoms with van der Waals surface area (Å²) in [5.41, 5.74) is 1.73. The molecular weight excluding hydrogens is 258 g/mol. The van der Waals surface area contributed by atoms with E-state index in [9.17, 15) is 9.59 Å². The molecule has 1 aromatic carbocycles. The zero-order chi connectivity index (χ0) is 14.5. The molecule has 2 rings (SSSR count). The third kappa shape index (κ3) is 2.97. The number of methoxy groups -OCH3 is 1. The molecule has 6 nitrogen and oxygen atoms in total. The normalized spacial score (nSPS) is 9.90. The number of ether oxygens (including phenoxy) is 1. The van der Waals surface area contributed by atoms with E-state index in [1.165, 1.54) is 25.7 Å². The summed E-state index contributed by atoms with van der Waals surface area (Å²) < 4.78 is 4.70. The van der Waals surface area contributed by atoms with E-state index < -0.39 is 11.9 Å². The largest absolute Gasteiger partial charge is 0.465 e. The van der Waals surface area contributed by atoms with E-state index in [2.05, 4.69) is 15.3 Å². The van der Waals surface area contributed by atoms with Gasteiger partial charge in [-0.2, -0.15) is 0 Å². The highest BCUT2D eigenvalue weighted by Crippen LogP contribution is 2.19. The molecule has 1 heterocycles. The SMILES string of the molecule is COC(=O)c1cc(C)ccc1NC(=O)c1cnccn1. The van der Waals surface area contributed by atoms with Crippen molar-refractivity contribution in [2.75, 3.05) is 12.4 Å². The van der Waals surface area contributed by atoms with Crippen molar-refractivity contribution < 1.29 is 14.3 Å². The Balaban J connectivity index is 2.30. The van der Waals surface area contributed by atoms with E-state index in [4.69, 9.17) is 4.74 Å². The highest BCUT2D eigenvalue weighted by molar-refractivity contribution is 6.07. The fourth-order valence-corrected chi connectivity index (χ4v) is 1.65. The summed E-state index contributed by atoms with van der Waals surface area (Å²) in [4.78, 5) is 31.4. The van der Waals surface area contributed by atoms with Crippen LogP contribution in [0, 0.1) is 6.92 Å². The lowest BCUT2D eigenvalue weighted by Crippen LogP contribution is -2.16. The number of amides is 1. The Morgan fingerprint density at radius 3 is 2.70 bits per heavy atom. The maximum atomic E-state index is 12.0. The van der Waals surface area contributed by atoms with Crippen LogP contribution in [0.1, 0.15) is 26.4 Å². The molecule has 0 atom stereocenters. The van der Waals surface area contributed by atoms with Crippen LogP contribution in [0.15, 0.2) is 36.8 Å². The second-order valence-electron chi connectivity index (χ2n) is 4.09. The van der Waals surface area contributed by atoms with Gasteiger partial charge in [0.05, 0.1) is 24.6 Å². The molecule has 0 saturated heterocycles. The number of aryl methyl sites for hydroxylation is 1. The Labute approximate surface area is 115 Å². The van der Waals surface area contributed by atoms with Crippen molar-refractivity contribution in [1.29, 1.82) is 0 Å². The van der Waals surface area contributed by atoms with Gasteiger partial charge in [0.2, 0.25) is 0 Å². The first-order valence-electron chi connectivity index (χ1n) is 5.88. The average Bonchev–Trinajstić information content (AvgIpc) is 2.49. The average molecular weight is 271 g/mol. The van der Waals surface area contributed by atoms with E-state index in [1.807, 2.05) is 6.92 Å². The lowest BCUT2D eigenvalue weighted by atomic mass is 10.1. The monoisotopic (exact) mass is 271 g/mol. The van der Waals surface area contributed by atoms with Gasteiger partial charge >= 0.3 is 5.97 Å². The second kappa shape index (κ2) is 5.92. The van der Waals surface area contributed by atoms with Crippen LogP contribution in [0.25, 0.3) is 0 Å². The van der Waals surface area contributed by atoms with Crippen LogP contribution in [0.5, 0.6) is 0 Å². The highest BCUT2D eigenvalue weighted by atomic mass is 16.5. The number of aromatic nitrogens is 2. The second-order valence-corrected chi connectivity index (χ2v) is 4.09. The standard InChI is InChI=1S/C14H13N3O3/c1-9-3-4-11(10(7-9)14(19)20-2)17-13(18)12-8-15-5-6-16-12/h3-8H,1-2H3,(H,17,18). The van der Waals surface area contributed by atoms with Crippen molar-refractivity contribution >= 4 is 17.6 Å². The smallest absolute Gasteiger partial charge is 0.339 e. The summed E-state index contributed by atoms with van der Waals surface area (Å²) in [7, 11) is 1.29. The minimum atomic E-state index is -0.511. The molecule has 0 aliphatic carbocycles. The lowest BCUT2D eigenvalue weighted by Gasteiger charge is -2.10. The molecule has 1 aromatic heterocycles. The van der Waals surface area contributed by atoms with Gasteiger partial charge in [0.15, 0.2) is 0 Å². The van der Waals surface area contributed by atoms with Gasteiger partial charge in [-0.05, 0) is 19.1 Å². The maximum Gasteiger partial charge on any atom is 0.339 e. The van der Waals surface area contributed by atoms with Crippen LogP contribution < -0.4 is 5.32 Å². The number of hydrogen-bond donors (Lipinski definition) is 1. The quantitative estimate of drug-likeness (QED) is 0.861. The summed E-state index contributed by atoms with van der Waals surface area (Å²) in [5.74, 6) is -0.949. The summed E-state index contributed by atoms with van der Waals surface area (Å²) in [6.07, 6.45) is 4.25. The fraction of sp³-hybridized carbons (Fsp3) is 0.143. The van der Waals surface area contributed by atoms with E-state index in [1.54, 1.807) is 18.2 Å². The van der Waals surface area contributed by atoms with E-state index in [0.29, 0.717) is 11.3 Å². The lowest BCUT2D eigenvalue weighted by molar-refractivity contribution is 0.0602. The first-order chi connectivity index (χ1) is 9.61. The summed E-state index contributed by atoms with van der Waals surface area (Å²) in [6.45, 7) is 1.85. The molecule has 102 valence electrons. The first kappa shape index (κ1) is 13.7. The zero-order valence-electron chi connectivity index (χ0n) is 11.1. The predicted molar refractivity (Wildman–Crippen MR) is 72.5 cm³/mol. The van der Waals surface area contributed by atoms with Crippen LogP contribution >= 0.6 is 0 Å². The Kier molecular flexibility index (Phi) is 4.05. The number of carbonyl (C=O) groups excluding carboxylic acids is 2. The number of hydrogen-bond acceptors (Lipinski definition) is 5. The first-order valence-corrected chi connectivity index (χ1v) is 5.88. The Hall–Kier alpha value is -2.76. The Bertz CT molecular complexity index is 641. The predicted octanol–water partition coefficient (Wildman–Crippen LogP) is 1.82. The molecule has 6 heteroatoms. The number of nitrogens with zero attached hydrogens (tertiary/aromatic N) is 2. The Morgan fingerprint density at radius 1 is 1.25 bits per heavy atom. The van der Waals surface area contributed by atoms with E-state index >= 15 is 0 Å². The van der Waals surface area contributed by atoms with Crippen molar-refractivity contribution in [3.63, 3.8) is 0 Å². The van der Waals surface area contributed by atoms with Crippen molar-refractivity contribution in [2.24, 2.45) is 0 Å². The minimum absolute atomic E-state index is 0.170. The molecule has 0 unspecified atom stereocenters. The van der Waals surface area contributed by atoms with Crippen molar-refractivity contribution in [1.82, 2.24) is 9.97 Å². The topological polar surface area (TPSA) is 81.2 Å². The third-order valence-electron chi connectivity index (χ3n) is 2.62. The van der Waals surface area contributed by atoms with Crippen molar-refractivity contribution in [3.8, 4) is 0 Å². The van der Waals surface area contributed by atoms with E-state index in [0.717, 1.165) is 5.56 Å². The molecule has 0 aliphatic heterocycles. The molecule has 0 saturated carbocycles. The molecule has 1 amide bonds. The molecule has 0 radical (unpaired) electrons. The molecule has 20 heavy (non-hydrogen) atoms. The molecule has 0 spiro atoms. The van der Waals surface area contributed by atoms with E-state index in [-0.39, 0.29) is 5.69 Å². The van der Waals surface area contributed by atoms with Gasteiger partial charge in [-0.25, -0.2) is 9.78 Å². The summed E-state index contributed by atoms with van der Waals surface area (Å²) in [5, 5.41) is 2.63. The van der Waals surface area contributed by atoms with Crippen molar-refractivity contribution in [2.45, 2.75) is 6.92 Å². The molecule has 0 bridgehead atoms. The van der Waals surface area contributed by atoms with Crippen molar-refractivity contribution in [3.05, 3.63) is 53.6 Å². The number of benzene rings is 1. The van der Waals surface area contributed by atoms with Crippen LogP contribution in [-0.4, -0.2) is 29.0 Å². The molecular formula is C14H13N3O3. The van der Waals surface area contributed by atoms with Crippen LogP contribution in [0.3, 0.4) is 0 Å². The number of nitrogens with one attached hydrogen (secondary N) is 1. The molecule has 1 N–H and O–H groups in total.